The number of sulfonamides is 1. The van der Waals surface area contributed by atoms with E-state index in [0.29, 0.717) is 5.56 Å². The Bertz CT molecular complexity index is 588. The molecule has 0 radical (unpaired) electrons. The van der Waals surface area contributed by atoms with Gasteiger partial charge in [-0.05, 0) is 6.07 Å². The number of nitrogens with one attached hydrogen (secondary N) is 1. The smallest absolute Gasteiger partial charge is 0.222 e. The molecule has 0 aliphatic rings. The van der Waals surface area contributed by atoms with E-state index in [-0.39, 0.29) is 31.5 Å². The first-order chi connectivity index (χ1) is 9.71. The molecule has 0 aliphatic heterocycles. The molecule has 5 nitrogen and oxygen atoms in total. The maximum atomic E-state index is 13.6. The van der Waals surface area contributed by atoms with Gasteiger partial charge >= 0.3 is 0 Å². The van der Waals surface area contributed by atoms with E-state index in [4.69, 9.17) is 0 Å². The zero-order valence-corrected chi connectivity index (χ0v) is 13.3. The number of rotatable bonds is 7. The number of carbonyl (C=O) groups is 1. The van der Waals surface area contributed by atoms with Crippen LogP contribution < -0.4 is 5.32 Å². The Morgan fingerprint density at radius 3 is 2.48 bits per heavy atom. The third-order valence-corrected chi connectivity index (χ3v) is 4.21. The summed E-state index contributed by atoms with van der Waals surface area (Å²) in [4.78, 5) is 11.4. The van der Waals surface area contributed by atoms with Crippen molar-refractivity contribution in [3.8, 4) is 0 Å². The van der Waals surface area contributed by atoms with Crippen molar-refractivity contribution < 1.29 is 17.6 Å². The second kappa shape index (κ2) is 7.51. The molecule has 0 aliphatic carbocycles. The Balaban J connectivity index is 2.70. The van der Waals surface area contributed by atoms with Crippen LogP contribution in [0.25, 0.3) is 0 Å². The lowest BCUT2D eigenvalue weighted by Crippen LogP contribution is -2.39. The first-order valence-corrected chi connectivity index (χ1v) is 8.53. The predicted octanol–water partition coefficient (Wildman–Crippen LogP) is 1.36. The fraction of sp³-hybridized carbons (Fsp3) is 0.500. The maximum Gasteiger partial charge on any atom is 0.222 e. The van der Waals surface area contributed by atoms with Crippen LogP contribution in [0.2, 0.25) is 0 Å². The molecule has 0 saturated carbocycles. The van der Waals surface area contributed by atoms with Gasteiger partial charge in [0, 0.05) is 31.1 Å². The van der Waals surface area contributed by atoms with Gasteiger partial charge in [0.1, 0.15) is 5.82 Å². The summed E-state index contributed by atoms with van der Waals surface area (Å²) >= 11 is 0. The Morgan fingerprint density at radius 1 is 1.33 bits per heavy atom. The Kier molecular flexibility index (Phi) is 6.29. The minimum atomic E-state index is -3.48. The van der Waals surface area contributed by atoms with Gasteiger partial charge in [-0.15, -0.1) is 0 Å². The van der Waals surface area contributed by atoms with Gasteiger partial charge in [-0.1, -0.05) is 32.0 Å². The lowest BCUT2D eigenvalue weighted by Gasteiger charge is -2.20. The van der Waals surface area contributed by atoms with Crippen molar-refractivity contribution in [3.63, 3.8) is 0 Å². The largest absolute Gasteiger partial charge is 0.355 e. The fourth-order valence-electron chi connectivity index (χ4n) is 1.69. The standard InChI is InChI=1S/C14H21FN2O3S/c1-11(2)14(18)16-8-9-17(21(3,19)20)10-12-6-4-5-7-13(12)15/h4-7,11H,8-10H2,1-3H3,(H,16,18). The fourth-order valence-corrected chi connectivity index (χ4v) is 2.48. The monoisotopic (exact) mass is 316 g/mol. The lowest BCUT2D eigenvalue weighted by molar-refractivity contribution is -0.123. The van der Waals surface area contributed by atoms with Crippen molar-refractivity contribution in [3.05, 3.63) is 35.6 Å². The molecule has 1 N–H and O–H groups in total. The van der Waals surface area contributed by atoms with Crippen molar-refractivity contribution in [2.75, 3.05) is 19.3 Å². The third-order valence-electron chi connectivity index (χ3n) is 2.96. The number of amides is 1. The summed E-state index contributed by atoms with van der Waals surface area (Å²) in [5.41, 5.74) is 0.304. The SMILES string of the molecule is CC(C)C(=O)NCCN(Cc1ccccc1F)S(C)(=O)=O. The average Bonchev–Trinajstić information content (AvgIpc) is 2.38. The van der Waals surface area contributed by atoms with Gasteiger partial charge in [0.25, 0.3) is 0 Å². The molecule has 1 rings (SSSR count). The maximum absolute atomic E-state index is 13.6. The summed E-state index contributed by atoms with van der Waals surface area (Å²) in [6.45, 7) is 3.75. The van der Waals surface area contributed by atoms with Crippen molar-refractivity contribution in [1.29, 1.82) is 0 Å². The topological polar surface area (TPSA) is 66.5 Å². The molecule has 7 heteroatoms. The molecule has 1 amide bonds. The molecule has 0 fully saturated rings. The number of carbonyl (C=O) groups excluding carboxylic acids is 1. The Labute approximate surface area is 125 Å². The molecule has 21 heavy (non-hydrogen) atoms. The summed E-state index contributed by atoms with van der Waals surface area (Å²) < 4.78 is 38.2. The summed E-state index contributed by atoms with van der Waals surface area (Å²) in [7, 11) is -3.48. The molecule has 0 bridgehead atoms. The molecular formula is C14H21FN2O3S. The summed E-state index contributed by atoms with van der Waals surface area (Å²) in [5.74, 6) is -0.755. The van der Waals surface area contributed by atoms with Crippen LogP contribution in [0.1, 0.15) is 19.4 Å². The molecule has 118 valence electrons. The number of benzene rings is 1. The first-order valence-electron chi connectivity index (χ1n) is 6.68. The van der Waals surface area contributed by atoms with Crippen molar-refractivity contribution in [2.24, 2.45) is 5.92 Å². The van der Waals surface area contributed by atoms with Crippen LogP contribution >= 0.6 is 0 Å². The van der Waals surface area contributed by atoms with E-state index in [9.17, 15) is 17.6 Å². The van der Waals surface area contributed by atoms with Crippen molar-refractivity contribution in [2.45, 2.75) is 20.4 Å². The summed E-state index contributed by atoms with van der Waals surface area (Å²) in [6, 6.07) is 6.03. The molecule has 0 spiro atoms. The predicted molar refractivity (Wildman–Crippen MR) is 79.5 cm³/mol. The van der Waals surface area contributed by atoms with Crippen LogP contribution in [-0.4, -0.2) is 38.0 Å². The Morgan fingerprint density at radius 2 is 1.95 bits per heavy atom. The minimum Gasteiger partial charge on any atom is -0.355 e. The van der Waals surface area contributed by atoms with Crippen LogP contribution in [0.5, 0.6) is 0 Å². The van der Waals surface area contributed by atoms with Gasteiger partial charge in [0.15, 0.2) is 0 Å². The normalized spacial score (nSPS) is 11.9. The highest BCUT2D eigenvalue weighted by molar-refractivity contribution is 7.88. The van der Waals surface area contributed by atoms with E-state index in [2.05, 4.69) is 5.32 Å². The van der Waals surface area contributed by atoms with Crippen LogP contribution in [0.15, 0.2) is 24.3 Å². The van der Waals surface area contributed by atoms with E-state index in [1.54, 1.807) is 32.0 Å². The zero-order chi connectivity index (χ0) is 16.0. The summed E-state index contributed by atoms with van der Waals surface area (Å²) in [6.07, 6.45) is 1.07. The molecule has 0 saturated heterocycles. The van der Waals surface area contributed by atoms with Crippen LogP contribution in [-0.2, 0) is 21.4 Å². The number of nitrogens with zero attached hydrogens (tertiary/aromatic N) is 1. The van der Waals surface area contributed by atoms with Crippen LogP contribution in [0.4, 0.5) is 4.39 Å². The minimum absolute atomic E-state index is 0.0525. The van der Waals surface area contributed by atoms with Gasteiger partial charge in [-0.3, -0.25) is 4.79 Å². The van der Waals surface area contributed by atoms with Crippen LogP contribution in [0.3, 0.4) is 0 Å². The first kappa shape index (κ1) is 17.6. The average molecular weight is 316 g/mol. The highest BCUT2D eigenvalue weighted by Gasteiger charge is 2.18. The second-order valence-corrected chi connectivity index (χ2v) is 7.12. The molecular weight excluding hydrogens is 295 g/mol. The quantitative estimate of drug-likeness (QED) is 0.826. The van der Waals surface area contributed by atoms with E-state index in [0.717, 1.165) is 10.6 Å². The molecule has 1 aromatic rings. The van der Waals surface area contributed by atoms with E-state index < -0.39 is 15.8 Å². The second-order valence-electron chi connectivity index (χ2n) is 5.13. The number of hydrogen-bond acceptors (Lipinski definition) is 3. The molecule has 0 aromatic heterocycles. The van der Waals surface area contributed by atoms with Crippen LogP contribution in [0, 0.1) is 11.7 Å². The Hall–Kier alpha value is -1.47. The van der Waals surface area contributed by atoms with E-state index >= 15 is 0 Å². The van der Waals surface area contributed by atoms with Crippen molar-refractivity contribution in [1.82, 2.24) is 9.62 Å². The van der Waals surface area contributed by atoms with Gasteiger partial charge in [0.05, 0.1) is 6.26 Å². The van der Waals surface area contributed by atoms with E-state index in [1.807, 2.05) is 0 Å². The van der Waals surface area contributed by atoms with Crippen molar-refractivity contribution >= 4 is 15.9 Å². The number of halogens is 1. The molecule has 1 aromatic carbocycles. The third kappa shape index (κ3) is 5.81. The summed E-state index contributed by atoms with van der Waals surface area (Å²) in [5, 5.41) is 2.65. The van der Waals surface area contributed by atoms with Gasteiger partial charge in [-0.2, -0.15) is 4.31 Å². The van der Waals surface area contributed by atoms with Gasteiger partial charge < -0.3 is 5.32 Å². The van der Waals surface area contributed by atoms with Gasteiger partial charge in [-0.25, -0.2) is 12.8 Å². The molecule has 0 unspecified atom stereocenters. The van der Waals surface area contributed by atoms with E-state index in [1.165, 1.54) is 6.07 Å². The highest BCUT2D eigenvalue weighted by atomic mass is 32.2. The molecule has 0 heterocycles. The lowest BCUT2D eigenvalue weighted by atomic mass is 10.2. The highest BCUT2D eigenvalue weighted by Crippen LogP contribution is 2.11. The molecule has 0 atom stereocenters. The van der Waals surface area contributed by atoms with Gasteiger partial charge in [0.2, 0.25) is 15.9 Å². The zero-order valence-electron chi connectivity index (χ0n) is 12.5. The number of hydrogen-bond donors (Lipinski definition) is 1.